The second-order valence-corrected chi connectivity index (χ2v) is 6.31. The minimum Gasteiger partial charge on any atom is -0.311 e. The Balaban J connectivity index is 1.71. The molecule has 1 nitrogen and oxygen atoms in total. The average Bonchev–Trinajstić information content (AvgIpc) is 2.33. The van der Waals surface area contributed by atoms with Crippen LogP contribution in [0.1, 0.15) is 71.6 Å². The second-order valence-electron chi connectivity index (χ2n) is 6.31. The lowest BCUT2D eigenvalue weighted by Crippen LogP contribution is -2.43. The average molecular weight is 223 g/mol. The van der Waals surface area contributed by atoms with Crippen LogP contribution in [0.3, 0.4) is 0 Å². The van der Waals surface area contributed by atoms with Crippen LogP contribution in [0.5, 0.6) is 0 Å². The topological polar surface area (TPSA) is 12.0 Å². The number of rotatable bonds is 3. The van der Waals surface area contributed by atoms with Gasteiger partial charge in [-0.05, 0) is 57.3 Å². The highest BCUT2D eigenvalue weighted by atomic mass is 15.0. The van der Waals surface area contributed by atoms with Crippen LogP contribution in [0.4, 0.5) is 0 Å². The quantitative estimate of drug-likeness (QED) is 0.759. The molecule has 0 amide bonds. The fourth-order valence-electron chi connectivity index (χ4n) is 3.57. The smallest absolute Gasteiger partial charge is 0.00698 e. The van der Waals surface area contributed by atoms with E-state index in [2.05, 4.69) is 19.2 Å². The molecule has 2 saturated carbocycles. The summed E-state index contributed by atoms with van der Waals surface area (Å²) in [6.45, 7) is 4.83. The Bertz CT molecular complexity index is 188. The van der Waals surface area contributed by atoms with Gasteiger partial charge in [-0.25, -0.2) is 0 Å². The Labute approximate surface area is 101 Å². The van der Waals surface area contributed by atoms with E-state index in [0.717, 1.165) is 23.9 Å². The summed E-state index contributed by atoms with van der Waals surface area (Å²) in [5, 5.41) is 3.91. The largest absolute Gasteiger partial charge is 0.311 e. The Kier molecular flexibility index (Phi) is 4.69. The highest BCUT2D eigenvalue weighted by molar-refractivity contribution is 4.82. The molecule has 0 spiro atoms. The summed E-state index contributed by atoms with van der Waals surface area (Å²) in [6, 6.07) is 1.59. The van der Waals surface area contributed by atoms with Gasteiger partial charge in [0.2, 0.25) is 0 Å². The van der Waals surface area contributed by atoms with Crippen LogP contribution in [0.15, 0.2) is 0 Å². The molecule has 2 fully saturated rings. The molecule has 2 rings (SSSR count). The maximum Gasteiger partial charge on any atom is 0.00698 e. The lowest BCUT2D eigenvalue weighted by molar-refractivity contribution is 0.228. The minimum absolute atomic E-state index is 0.763. The lowest BCUT2D eigenvalue weighted by Gasteiger charge is -2.34. The monoisotopic (exact) mass is 223 g/mol. The van der Waals surface area contributed by atoms with Crippen molar-refractivity contribution in [3.63, 3.8) is 0 Å². The molecule has 1 heteroatoms. The summed E-state index contributed by atoms with van der Waals surface area (Å²) in [5.41, 5.74) is 0. The van der Waals surface area contributed by atoms with Crippen molar-refractivity contribution in [2.75, 3.05) is 0 Å². The summed E-state index contributed by atoms with van der Waals surface area (Å²) in [6.07, 6.45) is 13.1. The molecule has 0 unspecified atom stereocenters. The van der Waals surface area contributed by atoms with Crippen molar-refractivity contribution in [3.8, 4) is 0 Å². The zero-order chi connectivity index (χ0) is 11.4. The molecule has 1 atom stereocenters. The molecule has 0 aliphatic heterocycles. The van der Waals surface area contributed by atoms with Gasteiger partial charge in [0.25, 0.3) is 0 Å². The molecular weight excluding hydrogens is 194 g/mol. The Morgan fingerprint density at radius 1 is 0.875 bits per heavy atom. The second kappa shape index (κ2) is 6.05. The van der Waals surface area contributed by atoms with Gasteiger partial charge in [0.15, 0.2) is 0 Å². The SMILES string of the molecule is CC1CCC(N[C@H](C)C2CCCCC2)CC1. The van der Waals surface area contributed by atoms with Crippen LogP contribution in [0, 0.1) is 11.8 Å². The molecule has 0 aromatic rings. The van der Waals surface area contributed by atoms with Gasteiger partial charge >= 0.3 is 0 Å². The van der Waals surface area contributed by atoms with Crippen LogP contribution < -0.4 is 5.32 Å². The molecule has 2 aliphatic carbocycles. The molecule has 0 aromatic carbocycles. The van der Waals surface area contributed by atoms with E-state index in [9.17, 15) is 0 Å². The van der Waals surface area contributed by atoms with Crippen LogP contribution in [0.25, 0.3) is 0 Å². The highest BCUT2D eigenvalue weighted by Gasteiger charge is 2.24. The molecule has 0 bridgehead atoms. The van der Waals surface area contributed by atoms with E-state index in [1.807, 2.05) is 0 Å². The van der Waals surface area contributed by atoms with Gasteiger partial charge in [0.1, 0.15) is 0 Å². The number of nitrogens with one attached hydrogen (secondary N) is 1. The molecule has 0 radical (unpaired) electrons. The standard InChI is InChI=1S/C15H29N/c1-12-8-10-15(11-9-12)16-13(2)14-6-4-3-5-7-14/h12-16H,3-11H2,1-2H3/t12?,13-,15?/m1/s1. The van der Waals surface area contributed by atoms with E-state index >= 15 is 0 Å². The van der Waals surface area contributed by atoms with Crippen molar-refractivity contribution >= 4 is 0 Å². The first-order chi connectivity index (χ1) is 7.75. The first-order valence-electron chi connectivity index (χ1n) is 7.51. The molecule has 0 saturated heterocycles. The van der Waals surface area contributed by atoms with E-state index in [0.29, 0.717) is 0 Å². The van der Waals surface area contributed by atoms with Crippen molar-refractivity contribution in [1.29, 1.82) is 0 Å². The third kappa shape index (κ3) is 3.48. The number of hydrogen-bond acceptors (Lipinski definition) is 1. The Morgan fingerprint density at radius 3 is 2.12 bits per heavy atom. The molecule has 0 heterocycles. The van der Waals surface area contributed by atoms with Gasteiger partial charge in [-0.15, -0.1) is 0 Å². The normalized spacial score (nSPS) is 34.9. The maximum absolute atomic E-state index is 3.91. The van der Waals surface area contributed by atoms with E-state index in [-0.39, 0.29) is 0 Å². The zero-order valence-corrected chi connectivity index (χ0v) is 11.2. The molecular formula is C15H29N. The van der Waals surface area contributed by atoms with Crippen LogP contribution in [-0.4, -0.2) is 12.1 Å². The van der Waals surface area contributed by atoms with E-state index in [1.165, 1.54) is 57.8 Å². The molecule has 1 N–H and O–H groups in total. The summed E-state index contributed by atoms with van der Waals surface area (Å²) < 4.78 is 0. The fourth-order valence-corrected chi connectivity index (χ4v) is 3.57. The van der Waals surface area contributed by atoms with Crippen molar-refractivity contribution in [1.82, 2.24) is 5.32 Å². The van der Waals surface area contributed by atoms with Crippen LogP contribution in [-0.2, 0) is 0 Å². The summed E-state index contributed by atoms with van der Waals surface area (Å²) in [5.74, 6) is 1.94. The first kappa shape index (κ1) is 12.4. The van der Waals surface area contributed by atoms with Gasteiger partial charge in [0.05, 0.1) is 0 Å². The van der Waals surface area contributed by atoms with Crippen LogP contribution >= 0.6 is 0 Å². The van der Waals surface area contributed by atoms with Gasteiger partial charge < -0.3 is 5.32 Å². The zero-order valence-electron chi connectivity index (χ0n) is 11.2. The summed E-state index contributed by atoms with van der Waals surface area (Å²) in [4.78, 5) is 0. The highest BCUT2D eigenvalue weighted by Crippen LogP contribution is 2.28. The maximum atomic E-state index is 3.91. The summed E-state index contributed by atoms with van der Waals surface area (Å²) >= 11 is 0. The van der Waals surface area contributed by atoms with Gasteiger partial charge in [-0.2, -0.15) is 0 Å². The van der Waals surface area contributed by atoms with Gasteiger partial charge in [-0.3, -0.25) is 0 Å². The van der Waals surface area contributed by atoms with Gasteiger partial charge in [-0.1, -0.05) is 26.2 Å². The van der Waals surface area contributed by atoms with Crippen molar-refractivity contribution in [3.05, 3.63) is 0 Å². The Morgan fingerprint density at radius 2 is 1.50 bits per heavy atom. The third-order valence-corrected chi connectivity index (χ3v) is 4.87. The van der Waals surface area contributed by atoms with Gasteiger partial charge in [0, 0.05) is 12.1 Å². The predicted molar refractivity (Wildman–Crippen MR) is 70.6 cm³/mol. The van der Waals surface area contributed by atoms with Crippen molar-refractivity contribution in [2.24, 2.45) is 11.8 Å². The molecule has 0 aromatic heterocycles. The van der Waals surface area contributed by atoms with E-state index < -0.39 is 0 Å². The lowest BCUT2D eigenvalue weighted by atomic mass is 9.82. The molecule has 2 aliphatic rings. The van der Waals surface area contributed by atoms with E-state index in [1.54, 1.807) is 0 Å². The fraction of sp³-hybridized carbons (Fsp3) is 1.00. The van der Waals surface area contributed by atoms with E-state index in [4.69, 9.17) is 0 Å². The first-order valence-corrected chi connectivity index (χ1v) is 7.51. The van der Waals surface area contributed by atoms with Crippen molar-refractivity contribution in [2.45, 2.75) is 83.7 Å². The third-order valence-electron chi connectivity index (χ3n) is 4.87. The predicted octanol–water partition coefficient (Wildman–Crippen LogP) is 4.12. The molecule has 16 heavy (non-hydrogen) atoms. The summed E-state index contributed by atoms with van der Waals surface area (Å²) in [7, 11) is 0. The van der Waals surface area contributed by atoms with Crippen molar-refractivity contribution < 1.29 is 0 Å². The Hall–Kier alpha value is -0.0400. The van der Waals surface area contributed by atoms with Crippen LogP contribution in [0.2, 0.25) is 0 Å². The minimum atomic E-state index is 0.763. The number of hydrogen-bond donors (Lipinski definition) is 1. The molecule has 94 valence electrons.